The molecule has 1 aromatic heterocycles. The van der Waals surface area contributed by atoms with Crippen molar-refractivity contribution in [3.05, 3.63) is 23.4 Å². The summed E-state index contributed by atoms with van der Waals surface area (Å²) in [7, 11) is 1.67. The Hall–Kier alpha value is -1.09. The molecule has 0 aliphatic carbocycles. The number of methoxy groups -OCH3 is 1. The highest BCUT2D eigenvalue weighted by Crippen LogP contribution is 2.20. The lowest BCUT2D eigenvalue weighted by atomic mass is 10.1. The van der Waals surface area contributed by atoms with E-state index in [0.29, 0.717) is 12.0 Å². The summed E-state index contributed by atoms with van der Waals surface area (Å²) in [5.41, 5.74) is 2.19. The molecule has 1 aromatic rings. The van der Waals surface area contributed by atoms with Crippen molar-refractivity contribution in [3.8, 4) is 5.88 Å². The van der Waals surface area contributed by atoms with E-state index in [1.165, 1.54) is 0 Å². The van der Waals surface area contributed by atoms with Gasteiger partial charge in [0, 0.05) is 23.8 Å². The maximum Gasteiger partial charge on any atom is 0.217 e. The first-order valence-electron chi connectivity index (χ1n) is 5.81. The first-order chi connectivity index (χ1) is 7.54. The fourth-order valence-electron chi connectivity index (χ4n) is 1.43. The molecule has 1 rings (SSSR count). The molecule has 0 atom stereocenters. The molecule has 0 amide bonds. The van der Waals surface area contributed by atoms with Gasteiger partial charge in [-0.3, -0.25) is 0 Å². The molecule has 3 nitrogen and oxygen atoms in total. The number of pyridine rings is 1. The highest BCUT2D eigenvalue weighted by molar-refractivity contribution is 5.29. The van der Waals surface area contributed by atoms with Crippen molar-refractivity contribution in [1.29, 1.82) is 0 Å². The maximum atomic E-state index is 5.32. The zero-order valence-corrected chi connectivity index (χ0v) is 10.9. The molecule has 3 heteroatoms. The molecule has 0 radical (unpaired) electrons. The Balaban J connectivity index is 2.84. The first-order valence-corrected chi connectivity index (χ1v) is 5.81. The largest absolute Gasteiger partial charge is 0.481 e. The Morgan fingerprint density at radius 2 is 1.94 bits per heavy atom. The smallest absolute Gasteiger partial charge is 0.217 e. The van der Waals surface area contributed by atoms with Crippen molar-refractivity contribution >= 4 is 0 Å². The van der Waals surface area contributed by atoms with Crippen LogP contribution in [0.1, 0.15) is 44.9 Å². The van der Waals surface area contributed by atoms with E-state index < -0.39 is 0 Å². The molecular weight excluding hydrogens is 200 g/mol. The SMILES string of the molecule is COc1nc(C(C)C)ccc1CNC(C)C. The third kappa shape index (κ3) is 3.49. The number of nitrogens with zero attached hydrogens (tertiary/aromatic N) is 1. The van der Waals surface area contributed by atoms with Gasteiger partial charge >= 0.3 is 0 Å². The van der Waals surface area contributed by atoms with Crippen LogP contribution in [0.4, 0.5) is 0 Å². The van der Waals surface area contributed by atoms with Crippen LogP contribution in [0.2, 0.25) is 0 Å². The second-order valence-electron chi connectivity index (χ2n) is 4.59. The van der Waals surface area contributed by atoms with Crippen molar-refractivity contribution in [2.45, 2.75) is 46.2 Å². The van der Waals surface area contributed by atoms with Gasteiger partial charge in [0.1, 0.15) is 0 Å². The zero-order chi connectivity index (χ0) is 12.1. The molecule has 0 unspecified atom stereocenters. The Bertz CT molecular complexity index is 335. The molecule has 1 N–H and O–H groups in total. The van der Waals surface area contributed by atoms with Gasteiger partial charge in [0.2, 0.25) is 5.88 Å². The lowest BCUT2D eigenvalue weighted by molar-refractivity contribution is 0.387. The molecule has 0 aliphatic rings. The third-order valence-electron chi connectivity index (χ3n) is 2.45. The fraction of sp³-hybridized carbons (Fsp3) is 0.615. The van der Waals surface area contributed by atoms with E-state index in [4.69, 9.17) is 4.74 Å². The fourth-order valence-corrected chi connectivity index (χ4v) is 1.43. The van der Waals surface area contributed by atoms with Crippen LogP contribution in [-0.4, -0.2) is 18.1 Å². The van der Waals surface area contributed by atoms with Crippen molar-refractivity contribution < 1.29 is 4.74 Å². The summed E-state index contributed by atoms with van der Waals surface area (Å²) in [6.45, 7) is 9.32. The first kappa shape index (κ1) is 13.0. The van der Waals surface area contributed by atoms with E-state index in [2.05, 4.69) is 50.1 Å². The molecule has 0 spiro atoms. The second kappa shape index (κ2) is 5.85. The Labute approximate surface area is 98.2 Å². The Kier molecular flexibility index (Phi) is 4.74. The number of hydrogen-bond donors (Lipinski definition) is 1. The van der Waals surface area contributed by atoms with Crippen LogP contribution in [0.3, 0.4) is 0 Å². The van der Waals surface area contributed by atoms with Gasteiger partial charge in [-0.05, 0) is 12.0 Å². The summed E-state index contributed by atoms with van der Waals surface area (Å²) in [5, 5.41) is 3.37. The van der Waals surface area contributed by atoms with Gasteiger partial charge in [0.15, 0.2) is 0 Å². The monoisotopic (exact) mass is 222 g/mol. The molecule has 0 aliphatic heterocycles. The molecule has 16 heavy (non-hydrogen) atoms. The van der Waals surface area contributed by atoms with Crippen molar-refractivity contribution in [2.75, 3.05) is 7.11 Å². The summed E-state index contributed by atoms with van der Waals surface area (Å²) < 4.78 is 5.32. The lowest BCUT2D eigenvalue weighted by Crippen LogP contribution is -2.22. The van der Waals surface area contributed by atoms with E-state index in [9.17, 15) is 0 Å². The molecule has 90 valence electrons. The summed E-state index contributed by atoms with van der Waals surface area (Å²) in [4.78, 5) is 4.51. The molecule has 1 heterocycles. The van der Waals surface area contributed by atoms with Crippen LogP contribution in [0.25, 0.3) is 0 Å². The molecule has 0 aromatic carbocycles. The second-order valence-corrected chi connectivity index (χ2v) is 4.59. The topological polar surface area (TPSA) is 34.1 Å². The third-order valence-corrected chi connectivity index (χ3v) is 2.45. The molecule has 0 saturated carbocycles. The standard InChI is InChI=1S/C13H22N2O/c1-9(2)12-7-6-11(8-14-10(3)4)13(15-12)16-5/h6-7,9-10,14H,8H2,1-5H3. The molecule has 0 fully saturated rings. The normalized spacial score (nSPS) is 11.2. The molecule has 0 saturated heterocycles. The number of ether oxygens (including phenoxy) is 1. The van der Waals surface area contributed by atoms with E-state index in [-0.39, 0.29) is 0 Å². The maximum absolute atomic E-state index is 5.32. The quantitative estimate of drug-likeness (QED) is 0.831. The van der Waals surface area contributed by atoms with Crippen molar-refractivity contribution in [2.24, 2.45) is 0 Å². The predicted octanol–water partition coefficient (Wildman–Crippen LogP) is 2.71. The predicted molar refractivity (Wildman–Crippen MR) is 66.9 cm³/mol. The average Bonchev–Trinajstić information content (AvgIpc) is 2.25. The Morgan fingerprint density at radius 1 is 1.25 bits per heavy atom. The van der Waals surface area contributed by atoms with Gasteiger partial charge in [-0.25, -0.2) is 4.98 Å². The number of nitrogens with one attached hydrogen (secondary N) is 1. The van der Waals surface area contributed by atoms with Gasteiger partial charge in [-0.1, -0.05) is 33.8 Å². The van der Waals surface area contributed by atoms with Gasteiger partial charge in [-0.2, -0.15) is 0 Å². The number of rotatable bonds is 5. The van der Waals surface area contributed by atoms with Crippen LogP contribution < -0.4 is 10.1 Å². The summed E-state index contributed by atoms with van der Waals surface area (Å²) >= 11 is 0. The highest BCUT2D eigenvalue weighted by Gasteiger charge is 2.08. The minimum absolute atomic E-state index is 0.431. The van der Waals surface area contributed by atoms with E-state index in [0.717, 1.165) is 23.7 Å². The average molecular weight is 222 g/mol. The van der Waals surface area contributed by atoms with Gasteiger partial charge in [0.25, 0.3) is 0 Å². The van der Waals surface area contributed by atoms with Gasteiger partial charge in [0.05, 0.1) is 7.11 Å². The summed E-state index contributed by atoms with van der Waals surface area (Å²) in [6, 6.07) is 4.63. The van der Waals surface area contributed by atoms with Gasteiger partial charge < -0.3 is 10.1 Å². The molecular formula is C13H22N2O. The van der Waals surface area contributed by atoms with Crippen LogP contribution in [0.5, 0.6) is 5.88 Å². The van der Waals surface area contributed by atoms with Crippen LogP contribution in [-0.2, 0) is 6.54 Å². The molecule has 0 bridgehead atoms. The zero-order valence-electron chi connectivity index (χ0n) is 10.9. The number of aromatic nitrogens is 1. The van der Waals surface area contributed by atoms with Crippen molar-refractivity contribution in [3.63, 3.8) is 0 Å². The van der Waals surface area contributed by atoms with Crippen LogP contribution in [0.15, 0.2) is 12.1 Å². The van der Waals surface area contributed by atoms with E-state index >= 15 is 0 Å². The van der Waals surface area contributed by atoms with E-state index in [1.807, 2.05) is 0 Å². The minimum atomic E-state index is 0.431. The minimum Gasteiger partial charge on any atom is -0.481 e. The van der Waals surface area contributed by atoms with E-state index in [1.54, 1.807) is 7.11 Å². The summed E-state index contributed by atoms with van der Waals surface area (Å²) in [6.07, 6.45) is 0. The van der Waals surface area contributed by atoms with Crippen LogP contribution in [0, 0.1) is 0 Å². The highest BCUT2D eigenvalue weighted by atomic mass is 16.5. The summed E-state index contributed by atoms with van der Waals surface area (Å²) in [5.74, 6) is 1.17. The van der Waals surface area contributed by atoms with Crippen molar-refractivity contribution in [1.82, 2.24) is 10.3 Å². The van der Waals surface area contributed by atoms with Crippen LogP contribution >= 0.6 is 0 Å². The Morgan fingerprint density at radius 3 is 2.44 bits per heavy atom. The number of hydrogen-bond acceptors (Lipinski definition) is 3. The van der Waals surface area contributed by atoms with Gasteiger partial charge in [-0.15, -0.1) is 0 Å². The lowest BCUT2D eigenvalue weighted by Gasteiger charge is -2.13.